The van der Waals surface area contributed by atoms with Gasteiger partial charge >= 0.3 is 0 Å². The number of hydrogen-bond donors (Lipinski definition) is 2. The summed E-state index contributed by atoms with van der Waals surface area (Å²) >= 11 is 0. The Morgan fingerprint density at radius 2 is 2.03 bits per heavy atom. The summed E-state index contributed by atoms with van der Waals surface area (Å²) < 4.78 is 24.9. The second-order valence-electron chi connectivity index (χ2n) is 8.18. The molecular formula is C24H31FN2O4. The predicted octanol–water partition coefficient (Wildman–Crippen LogP) is 3.85. The molecule has 168 valence electrons. The Hall–Kier alpha value is -2.64. The van der Waals surface area contributed by atoms with Gasteiger partial charge < -0.3 is 19.9 Å². The summed E-state index contributed by atoms with van der Waals surface area (Å²) in [6.45, 7) is 5.60. The van der Waals surface area contributed by atoms with Crippen molar-refractivity contribution in [2.75, 3.05) is 31.6 Å². The van der Waals surface area contributed by atoms with E-state index in [9.17, 15) is 14.3 Å². The molecule has 2 aromatic rings. The Kier molecular flexibility index (Phi) is 7.87. The Labute approximate surface area is 183 Å². The summed E-state index contributed by atoms with van der Waals surface area (Å²) in [5, 5.41) is 13.6. The highest BCUT2D eigenvalue weighted by atomic mass is 19.1. The highest BCUT2D eigenvalue weighted by Crippen LogP contribution is 2.27. The molecule has 1 aliphatic rings. The van der Waals surface area contributed by atoms with E-state index >= 15 is 0 Å². The number of ether oxygens (including phenoxy) is 2. The third-order valence-corrected chi connectivity index (χ3v) is 5.40. The van der Waals surface area contributed by atoms with Gasteiger partial charge in [-0.15, -0.1) is 0 Å². The average Bonchev–Trinajstić information content (AvgIpc) is 2.72. The van der Waals surface area contributed by atoms with Gasteiger partial charge in [0.05, 0.1) is 13.2 Å². The van der Waals surface area contributed by atoms with E-state index in [0.29, 0.717) is 37.6 Å². The van der Waals surface area contributed by atoms with Gasteiger partial charge in [-0.1, -0.05) is 19.4 Å². The summed E-state index contributed by atoms with van der Waals surface area (Å²) in [6.07, 6.45) is 1.96. The van der Waals surface area contributed by atoms with Crippen molar-refractivity contribution >= 4 is 11.6 Å². The smallest absolute Gasteiger partial charge is 0.238 e. The monoisotopic (exact) mass is 430 g/mol. The van der Waals surface area contributed by atoms with Crippen LogP contribution in [0.1, 0.15) is 33.1 Å². The highest BCUT2D eigenvalue weighted by Gasteiger charge is 2.39. The fraction of sp³-hybridized carbons (Fsp3) is 0.458. The van der Waals surface area contributed by atoms with Gasteiger partial charge in [0.2, 0.25) is 5.91 Å². The predicted molar refractivity (Wildman–Crippen MR) is 118 cm³/mol. The number of piperidine rings is 1. The first-order valence-corrected chi connectivity index (χ1v) is 10.8. The van der Waals surface area contributed by atoms with E-state index in [1.54, 1.807) is 19.1 Å². The summed E-state index contributed by atoms with van der Waals surface area (Å²) in [5.74, 6) is 0.594. The molecule has 1 aliphatic heterocycles. The number of carbonyl (C=O) groups excluding carboxylic acids is 1. The van der Waals surface area contributed by atoms with Crippen molar-refractivity contribution in [1.82, 2.24) is 4.90 Å². The molecule has 0 saturated carbocycles. The summed E-state index contributed by atoms with van der Waals surface area (Å²) in [7, 11) is 0. The Morgan fingerprint density at radius 3 is 2.74 bits per heavy atom. The molecule has 7 heteroatoms. The van der Waals surface area contributed by atoms with E-state index in [1.165, 1.54) is 12.1 Å². The molecule has 1 heterocycles. The molecule has 1 saturated heterocycles. The minimum absolute atomic E-state index is 0.148. The molecule has 0 spiro atoms. The molecule has 0 bridgehead atoms. The molecule has 0 unspecified atom stereocenters. The van der Waals surface area contributed by atoms with Crippen molar-refractivity contribution in [3.05, 3.63) is 54.3 Å². The number of likely N-dealkylation sites (tertiary alicyclic amines) is 1. The number of rotatable bonds is 9. The lowest BCUT2D eigenvalue weighted by Gasteiger charge is -2.42. The second-order valence-corrected chi connectivity index (χ2v) is 8.18. The van der Waals surface area contributed by atoms with Crippen molar-refractivity contribution in [2.24, 2.45) is 0 Å². The largest absolute Gasteiger partial charge is 0.494 e. The van der Waals surface area contributed by atoms with Gasteiger partial charge in [-0.05, 0) is 56.2 Å². The summed E-state index contributed by atoms with van der Waals surface area (Å²) in [5.41, 5.74) is -0.364. The average molecular weight is 431 g/mol. The van der Waals surface area contributed by atoms with Crippen LogP contribution in [0.15, 0.2) is 48.5 Å². The zero-order valence-electron chi connectivity index (χ0n) is 18.1. The van der Waals surface area contributed by atoms with E-state index < -0.39 is 17.5 Å². The maximum Gasteiger partial charge on any atom is 0.238 e. The number of nitrogens with one attached hydrogen (secondary N) is 1. The molecule has 0 aliphatic carbocycles. The van der Waals surface area contributed by atoms with Crippen molar-refractivity contribution in [2.45, 2.75) is 44.8 Å². The van der Waals surface area contributed by atoms with E-state index in [0.717, 1.165) is 18.6 Å². The molecule has 2 aromatic carbocycles. The van der Waals surface area contributed by atoms with Crippen LogP contribution in [0.5, 0.6) is 11.5 Å². The highest BCUT2D eigenvalue weighted by molar-refractivity contribution is 5.92. The first-order chi connectivity index (χ1) is 14.9. The molecule has 0 aromatic heterocycles. The maximum absolute atomic E-state index is 13.5. The lowest BCUT2D eigenvalue weighted by molar-refractivity contribution is -0.122. The summed E-state index contributed by atoms with van der Waals surface area (Å²) in [4.78, 5) is 14.4. The molecule has 1 amide bonds. The number of halogens is 1. The Bertz CT molecular complexity index is 857. The van der Waals surface area contributed by atoms with Crippen LogP contribution >= 0.6 is 0 Å². The number of unbranched alkanes of at least 4 members (excludes halogenated alkanes) is 1. The molecule has 3 rings (SSSR count). The number of hydrogen-bond acceptors (Lipinski definition) is 5. The molecule has 0 radical (unpaired) electrons. The van der Waals surface area contributed by atoms with Crippen LogP contribution in [0.25, 0.3) is 0 Å². The normalized spacial score (nSPS) is 21.5. The van der Waals surface area contributed by atoms with Gasteiger partial charge in [0.1, 0.15) is 29.0 Å². The topological polar surface area (TPSA) is 71.0 Å². The van der Waals surface area contributed by atoms with Crippen LogP contribution in [0.3, 0.4) is 0 Å². The molecular weight excluding hydrogens is 399 g/mol. The van der Waals surface area contributed by atoms with Crippen molar-refractivity contribution < 1.29 is 23.8 Å². The van der Waals surface area contributed by atoms with Gasteiger partial charge in [0.15, 0.2) is 0 Å². The number of nitrogens with zero attached hydrogens (tertiary/aromatic N) is 1. The van der Waals surface area contributed by atoms with Crippen molar-refractivity contribution in [3.63, 3.8) is 0 Å². The van der Waals surface area contributed by atoms with Crippen LogP contribution in [-0.2, 0) is 4.79 Å². The zero-order chi connectivity index (χ0) is 22.3. The Morgan fingerprint density at radius 1 is 1.26 bits per heavy atom. The molecule has 31 heavy (non-hydrogen) atoms. The van der Waals surface area contributed by atoms with Crippen molar-refractivity contribution in [3.8, 4) is 11.5 Å². The third kappa shape index (κ3) is 6.94. The van der Waals surface area contributed by atoms with Gasteiger partial charge in [-0.25, -0.2) is 4.39 Å². The fourth-order valence-corrected chi connectivity index (χ4v) is 3.45. The molecule has 6 nitrogen and oxygen atoms in total. The third-order valence-electron chi connectivity index (χ3n) is 5.40. The SMILES string of the molecule is CCCCOc1ccc(NC(=O)CN2CC[C@](C)(O)[C@@H](Oc3cccc(F)c3)C2)cc1. The first kappa shape index (κ1) is 23.0. The Balaban J connectivity index is 1.52. The fourth-order valence-electron chi connectivity index (χ4n) is 3.45. The van der Waals surface area contributed by atoms with Crippen LogP contribution < -0.4 is 14.8 Å². The molecule has 2 N–H and O–H groups in total. The van der Waals surface area contributed by atoms with E-state index in [1.807, 2.05) is 29.2 Å². The quantitative estimate of drug-likeness (QED) is 0.592. The van der Waals surface area contributed by atoms with Gasteiger partial charge in [0.25, 0.3) is 0 Å². The van der Waals surface area contributed by atoms with Gasteiger partial charge in [-0.2, -0.15) is 0 Å². The maximum atomic E-state index is 13.5. The van der Waals surface area contributed by atoms with E-state index in [-0.39, 0.29) is 12.5 Å². The summed E-state index contributed by atoms with van der Waals surface area (Å²) in [6, 6.07) is 13.2. The van der Waals surface area contributed by atoms with Crippen LogP contribution in [-0.4, -0.2) is 53.9 Å². The number of benzene rings is 2. The first-order valence-electron chi connectivity index (χ1n) is 10.8. The van der Waals surface area contributed by atoms with Gasteiger partial charge in [-0.3, -0.25) is 9.69 Å². The molecule has 1 fully saturated rings. The van der Waals surface area contributed by atoms with E-state index in [4.69, 9.17) is 9.47 Å². The second kappa shape index (κ2) is 10.6. The lowest BCUT2D eigenvalue weighted by Crippen LogP contribution is -2.57. The minimum atomic E-state index is -1.06. The number of aliphatic hydroxyl groups is 1. The van der Waals surface area contributed by atoms with Crippen LogP contribution in [0, 0.1) is 5.82 Å². The van der Waals surface area contributed by atoms with Crippen molar-refractivity contribution in [1.29, 1.82) is 0 Å². The number of amides is 1. The minimum Gasteiger partial charge on any atom is -0.494 e. The van der Waals surface area contributed by atoms with Crippen LogP contribution in [0.4, 0.5) is 10.1 Å². The molecule has 2 atom stereocenters. The van der Waals surface area contributed by atoms with Crippen LogP contribution in [0.2, 0.25) is 0 Å². The lowest BCUT2D eigenvalue weighted by atomic mass is 9.90. The number of anilines is 1. The zero-order valence-corrected chi connectivity index (χ0v) is 18.1. The van der Waals surface area contributed by atoms with E-state index in [2.05, 4.69) is 12.2 Å². The number of carbonyl (C=O) groups is 1. The standard InChI is InChI=1S/C24H31FN2O4/c1-3-4-14-30-20-10-8-19(9-11-20)26-23(28)17-27-13-12-24(2,29)22(16-27)31-21-7-5-6-18(25)15-21/h5-11,15,22,29H,3-4,12-14,16-17H2,1-2H3,(H,26,28)/t22-,24-/m0/s1. The van der Waals surface area contributed by atoms with Gasteiger partial charge in [0, 0.05) is 24.8 Å².